The van der Waals surface area contributed by atoms with Crippen LogP contribution in [0.1, 0.15) is 59.8 Å². The van der Waals surface area contributed by atoms with E-state index < -0.39 is 11.4 Å². The van der Waals surface area contributed by atoms with Crippen molar-refractivity contribution in [2.75, 3.05) is 19.6 Å². The molecule has 2 amide bonds. The zero-order chi connectivity index (χ0) is 16.0. The molecule has 0 saturated carbocycles. The van der Waals surface area contributed by atoms with E-state index >= 15 is 0 Å². The third-order valence-electron chi connectivity index (χ3n) is 4.35. The van der Waals surface area contributed by atoms with Crippen LogP contribution < -0.4 is 0 Å². The van der Waals surface area contributed by atoms with Gasteiger partial charge in [0, 0.05) is 25.7 Å². The smallest absolute Gasteiger partial charge is 0.320 e. The molecular formula is C16H30N2O3. The molecule has 1 rings (SSSR count). The van der Waals surface area contributed by atoms with Crippen molar-refractivity contribution in [3.63, 3.8) is 0 Å². The zero-order valence-corrected chi connectivity index (χ0v) is 13.9. The van der Waals surface area contributed by atoms with Gasteiger partial charge in [-0.1, -0.05) is 19.8 Å². The Balaban J connectivity index is 2.72. The van der Waals surface area contributed by atoms with Crippen LogP contribution in [-0.2, 0) is 4.79 Å². The van der Waals surface area contributed by atoms with E-state index in [-0.39, 0.29) is 12.1 Å². The van der Waals surface area contributed by atoms with Gasteiger partial charge in [0.15, 0.2) is 0 Å². The first-order valence-electron chi connectivity index (χ1n) is 8.10. The largest absolute Gasteiger partial charge is 0.481 e. The van der Waals surface area contributed by atoms with Gasteiger partial charge in [0.2, 0.25) is 0 Å². The Morgan fingerprint density at radius 1 is 1.33 bits per heavy atom. The maximum Gasteiger partial charge on any atom is 0.320 e. The van der Waals surface area contributed by atoms with Crippen molar-refractivity contribution in [3.05, 3.63) is 0 Å². The van der Waals surface area contributed by atoms with Crippen LogP contribution >= 0.6 is 0 Å². The van der Waals surface area contributed by atoms with Crippen LogP contribution in [-0.4, -0.2) is 52.6 Å². The number of aliphatic carboxylic acids is 1. The average molecular weight is 298 g/mol. The lowest BCUT2D eigenvalue weighted by atomic mass is 9.82. The molecule has 5 nitrogen and oxygen atoms in total. The number of carbonyl (C=O) groups excluding carboxylic acids is 1. The maximum atomic E-state index is 12.7. The van der Waals surface area contributed by atoms with Crippen LogP contribution in [0.15, 0.2) is 0 Å². The molecule has 0 aliphatic carbocycles. The number of unbranched alkanes of at least 4 members (excludes halogenated alkanes) is 2. The van der Waals surface area contributed by atoms with Gasteiger partial charge in [-0.05, 0) is 40.0 Å². The Bertz CT molecular complexity index is 371. The Kier molecular flexibility index (Phi) is 6.49. The summed E-state index contributed by atoms with van der Waals surface area (Å²) in [6.07, 6.45) is 4.65. The van der Waals surface area contributed by atoms with E-state index in [1.165, 1.54) is 0 Å². The van der Waals surface area contributed by atoms with Gasteiger partial charge in [-0.2, -0.15) is 0 Å². The summed E-state index contributed by atoms with van der Waals surface area (Å²) >= 11 is 0. The zero-order valence-electron chi connectivity index (χ0n) is 13.9. The minimum absolute atomic E-state index is 0.00622. The molecule has 1 heterocycles. The molecular weight excluding hydrogens is 268 g/mol. The molecule has 0 radical (unpaired) electrons. The standard InChI is InChI=1S/C16H30N2O3/c1-5-6-7-11-18(13(2)3)15(21)17-10-8-9-16(4,12-17)14(19)20/h13H,5-12H2,1-4H3,(H,19,20). The lowest BCUT2D eigenvalue weighted by Crippen LogP contribution is -2.54. The second-order valence-electron chi connectivity index (χ2n) is 6.67. The lowest BCUT2D eigenvalue weighted by Gasteiger charge is -2.41. The first-order chi connectivity index (χ1) is 9.81. The number of carboxylic acid groups (broad SMARTS) is 1. The van der Waals surface area contributed by atoms with Crippen molar-refractivity contribution in [1.29, 1.82) is 0 Å². The van der Waals surface area contributed by atoms with E-state index in [2.05, 4.69) is 6.92 Å². The van der Waals surface area contributed by atoms with E-state index in [4.69, 9.17) is 0 Å². The van der Waals surface area contributed by atoms with Gasteiger partial charge in [-0.15, -0.1) is 0 Å². The number of likely N-dealkylation sites (tertiary alicyclic amines) is 1. The first kappa shape index (κ1) is 17.8. The molecule has 0 aromatic carbocycles. The molecule has 1 saturated heterocycles. The predicted molar refractivity (Wildman–Crippen MR) is 83.3 cm³/mol. The summed E-state index contributed by atoms with van der Waals surface area (Å²) in [5.74, 6) is -0.804. The second kappa shape index (κ2) is 7.66. The van der Waals surface area contributed by atoms with Crippen molar-refractivity contribution in [2.24, 2.45) is 5.41 Å². The molecule has 1 N–H and O–H groups in total. The molecule has 1 fully saturated rings. The Morgan fingerprint density at radius 2 is 2.00 bits per heavy atom. The summed E-state index contributed by atoms with van der Waals surface area (Å²) in [5, 5.41) is 9.37. The van der Waals surface area contributed by atoms with E-state index in [0.717, 1.165) is 32.2 Å². The van der Waals surface area contributed by atoms with Crippen LogP contribution in [0.4, 0.5) is 4.79 Å². The molecule has 1 atom stereocenters. The van der Waals surface area contributed by atoms with Crippen molar-refractivity contribution in [2.45, 2.75) is 65.8 Å². The van der Waals surface area contributed by atoms with Crippen LogP contribution in [0.25, 0.3) is 0 Å². The Hall–Kier alpha value is -1.26. The van der Waals surface area contributed by atoms with Crippen LogP contribution in [0.5, 0.6) is 0 Å². The van der Waals surface area contributed by atoms with Gasteiger partial charge in [-0.25, -0.2) is 4.79 Å². The number of piperidine rings is 1. The van der Waals surface area contributed by atoms with E-state index in [9.17, 15) is 14.7 Å². The molecule has 0 bridgehead atoms. The minimum atomic E-state index is -0.806. The highest BCUT2D eigenvalue weighted by molar-refractivity contribution is 5.78. The van der Waals surface area contributed by atoms with Crippen LogP contribution in [0.2, 0.25) is 0 Å². The molecule has 0 aromatic rings. The summed E-state index contributed by atoms with van der Waals surface area (Å²) in [6.45, 7) is 9.66. The van der Waals surface area contributed by atoms with Gasteiger partial charge >= 0.3 is 12.0 Å². The third-order valence-corrected chi connectivity index (χ3v) is 4.35. The van der Waals surface area contributed by atoms with Crippen molar-refractivity contribution in [3.8, 4) is 0 Å². The highest BCUT2D eigenvalue weighted by atomic mass is 16.4. The van der Waals surface area contributed by atoms with Crippen molar-refractivity contribution < 1.29 is 14.7 Å². The minimum Gasteiger partial charge on any atom is -0.481 e. The van der Waals surface area contributed by atoms with Crippen molar-refractivity contribution in [1.82, 2.24) is 9.80 Å². The summed E-state index contributed by atoms with van der Waals surface area (Å²) in [4.78, 5) is 27.7. The number of amides is 2. The number of rotatable bonds is 6. The van der Waals surface area contributed by atoms with E-state index in [0.29, 0.717) is 19.5 Å². The number of carbonyl (C=O) groups is 2. The quantitative estimate of drug-likeness (QED) is 0.766. The highest BCUT2D eigenvalue weighted by Gasteiger charge is 2.40. The number of hydrogen-bond acceptors (Lipinski definition) is 2. The molecule has 21 heavy (non-hydrogen) atoms. The lowest BCUT2D eigenvalue weighted by molar-refractivity contribution is -0.150. The molecule has 1 aliphatic heterocycles. The molecule has 1 unspecified atom stereocenters. The Morgan fingerprint density at radius 3 is 2.52 bits per heavy atom. The summed E-state index contributed by atoms with van der Waals surface area (Å²) in [7, 11) is 0. The number of nitrogens with zero attached hydrogens (tertiary/aromatic N) is 2. The van der Waals surface area contributed by atoms with Crippen molar-refractivity contribution >= 4 is 12.0 Å². The number of hydrogen-bond donors (Lipinski definition) is 1. The SMILES string of the molecule is CCCCCN(C(=O)N1CCCC(C)(C(=O)O)C1)C(C)C. The van der Waals surface area contributed by atoms with Crippen LogP contribution in [0, 0.1) is 5.41 Å². The predicted octanol–water partition coefficient (Wildman–Crippen LogP) is 3.19. The summed E-state index contributed by atoms with van der Waals surface area (Å²) in [5.41, 5.74) is -0.806. The van der Waals surface area contributed by atoms with Gasteiger partial charge < -0.3 is 14.9 Å². The average Bonchev–Trinajstić information content (AvgIpc) is 2.42. The fourth-order valence-electron chi connectivity index (χ4n) is 2.87. The molecule has 5 heteroatoms. The molecule has 122 valence electrons. The van der Waals surface area contributed by atoms with Gasteiger partial charge in [0.25, 0.3) is 0 Å². The van der Waals surface area contributed by atoms with E-state index in [1.54, 1.807) is 11.8 Å². The van der Waals surface area contributed by atoms with Gasteiger partial charge in [-0.3, -0.25) is 4.79 Å². The normalized spacial score (nSPS) is 22.4. The fourth-order valence-corrected chi connectivity index (χ4v) is 2.87. The maximum absolute atomic E-state index is 12.7. The fraction of sp³-hybridized carbons (Fsp3) is 0.875. The topological polar surface area (TPSA) is 60.9 Å². The van der Waals surface area contributed by atoms with E-state index in [1.807, 2.05) is 18.7 Å². The number of urea groups is 1. The summed E-state index contributed by atoms with van der Waals surface area (Å²) in [6, 6.07) is 0.139. The monoisotopic (exact) mass is 298 g/mol. The van der Waals surface area contributed by atoms with Gasteiger partial charge in [0.1, 0.15) is 0 Å². The highest BCUT2D eigenvalue weighted by Crippen LogP contribution is 2.30. The van der Waals surface area contributed by atoms with Crippen LogP contribution in [0.3, 0.4) is 0 Å². The molecule has 0 aromatic heterocycles. The Labute approximate surface area is 128 Å². The second-order valence-corrected chi connectivity index (χ2v) is 6.67. The first-order valence-corrected chi connectivity index (χ1v) is 8.10. The molecule has 0 spiro atoms. The summed E-state index contributed by atoms with van der Waals surface area (Å²) < 4.78 is 0. The molecule has 1 aliphatic rings. The third kappa shape index (κ3) is 4.61. The number of carboxylic acids is 1. The van der Waals surface area contributed by atoms with Gasteiger partial charge in [0.05, 0.1) is 5.41 Å².